The van der Waals surface area contributed by atoms with Crippen LogP contribution in [0.2, 0.25) is 0 Å². The first-order chi connectivity index (χ1) is 8.29. The molecule has 2 nitrogen and oxygen atoms in total. The number of ether oxygens (including phenoxy) is 1. The van der Waals surface area contributed by atoms with Crippen molar-refractivity contribution in [3.8, 4) is 5.75 Å². The molecule has 0 aliphatic heterocycles. The molecule has 0 aromatic heterocycles. The summed E-state index contributed by atoms with van der Waals surface area (Å²) in [6.45, 7) is 4.71. The summed E-state index contributed by atoms with van der Waals surface area (Å²) in [5, 5.41) is 0. The standard InChI is InChI=1S/C14H20O2S/c1-3-13(15)12-8-5-6-9-14(12)16-10-7-11-17-4-2/h5-6,8-9H,3-4,7,10-11H2,1-2H3. The van der Waals surface area contributed by atoms with Crippen molar-refractivity contribution >= 4 is 17.5 Å². The summed E-state index contributed by atoms with van der Waals surface area (Å²) in [6.07, 6.45) is 1.54. The van der Waals surface area contributed by atoms with Crippen LogP contribution in [0.4, 0.5) is 0 Å². The molecule has 17 heavy (non-hydrogen) atoms. The van der Waals surface area contributed by atoms with E-state index in [0.717, 1.165) is 23.7 Å². The Morgan fingerprint density at radius 1 is 1.29 bits per heavy atom. The first-order valence-electron chi connectivity index (χ1n) is 6.12. The van der Waals surface area contributed by atoms with Crippen molar-refractivity contribution in [3.63, 3.8) is 0 Å². The number of thioether (sulfide) groups is 1. The molecule has 0 spiro atoms. The third kappa shape index (κ3) is 4.82. The molecule has 0 aliphatic carbocycles. The number of carbonyl (C=O) groups excluding carboxylic acids is 1. The monoisotopic (exact) mass is 252 g/mol. The van der Waals surface area contributed by atoms with E-state index >= 15 is 0 Å². The molecular formula is C14H20O2S. The van der Waals surface area contributed by atoms with Crippen LogP contribution in [0.1, 0.15) is 37.0 Å². The second-order valence-corrected chi connectivity index (χ2v) is 5.07. The molecule has 0 unspecified atom stereocenters. The van der Waals surface area contributed by atoms with Crippen LogP contribution in [0.5, 0.6) is 5.75 Å². The number of hydrogen-bond donors (Lipinski definition) is 0. The van der Waals surface area contributed by atoms with Gasteiger partial charge in [0, 0.05) is 6.42 Å². The molecule has 1 aromatic rings. The summed E-state index contributed by atoms with van der Waals surface area (Å²) in [6, 6.07) is 7.49. The molecule has 0 N–H and O–H groups in total. The number of rotatable bonds is 8. The highest BCUT2D eigenvalue weighted by molar-refractivity contribution is 7.99. The smallest absolute Gasteiger partial charge is 0.166 e. The minimum atomic E-state index is 0.142. The Hall–Kier alpha value is -0.960. The molecule has 0 bridgehead atoms. The number of carbonyl (C=O) groups is 1. The normalized spacial score (nSPS) is 10.2. The zero-order chi connectivity index (χ0) is 12.5. The van der Waals surface area contributed by atoms with Gasteiger partial charge in [-0.05, 0) is 30.1 Å². The average Bonchev–Trinajstić information content (AvgIpc) is 2.38. The average molecular weight is 252 g/mol. The molecule has 0 heterocycles. The first-order valence-corrected chi connectivity index (χ1v) is 7.27. The van der Waals surface area contributed by atoms with E-state index in [2.05, 4.69) is 6.92 Å². The van der Waals surface area contributed by atoms with Gasteiger partial charge in [0.1, 0.15) is 5.75 Å². The lowest BCUT2D eigenvalue weighted by Crippen LogP contribution is -2.05. The Morgan fingerprint density at radius 2 is 2.06 bits per heavy atom. The van der Waals surface area contributed by atoms with Crippen molar-refractivity contribution in [1.29, 1.82) is 0 Å². The van der Waals surface area contributed by atoms with Crippen LogP contribution in [0, 0.1) is 0 Å². The molecule has 0 fully saturated rings. The molecule has 94 valence electrons. The van der Waals surface area contributed by atoms with E-state index in [1.165, 1.54) is 0 Å². The van der Waals surface area contributed by atoms with Crippen molar-refractivity contribution in [2.75, 3.05) is 18.1 Å². The Balaban J connectivity index is 2.49. The summed E-state index contributed by atoms with van der Waals surface area (Å²) in [5.74, 6) is 3.12. The van der Waals surface area contributed by atoms with Gasteiger partial charge in [0.2, 0.25) is 0 Å². The molecule has 0 aliphatic rings. The molecule has 1 rings (SSSR count). The lowest BCUT2D eigenvalue weighted by molar-refractivity contribution is 0.0984. The minimum Gasteiger partial charge on any atom is -0.493 e. The van der Waals surface area contributed by atoms with E-state index in [9.17, 15) is 4.79 Å². The highest BCUT2D eigenvalue weighted by atomic mass is 32.2. The van der Waals surface area contributed by atoms with Crippen LogP contribution >= 0.6 is 11.8 Å². The lowest BCUT2D eigenvalue weighted by Gasteiger charge is -2.09. The molecule has 0 amide bonds. The predicted molar refractivity (Wildman–Crippen MR) is 74.2 cm³/mol. The van der Waals surface area contributed by atoms with Gasteiger partial charge in [-0.1, -0.05) is 26.0 Å². The largest absolute Gasteiger partial charge is 0.493 e. The van der Waals surface area contributed by atoms with Crippen molar-refractivity contribution in [1.82, 2.24) is 0 Å². The number of benzene rings is 1. The maximum atomic E-state index is 11.7. The topological polar surface area (TPSA) is 26.3 Å². The molecule has 1 aromatic carbocycles. The van der Waals surface area contributed by atoms with Gasteiger partial charge in [-0.15, -0.1) is 0 Å². The van der Waals surface area contributed by atoms with Crippen LogP contribution < -0.4 is 4.74 Å². The summed E-state index contributed by atoms with van der Waals surface area (Å²) >= 11 is 1.91. The van der Waals surface area contributed by atoms with E-state index in [-0.39, 0.29) is 5.78 Å². The summed E-state index contributed by atoms with van der Waals surface area (Å²) in [4.78, 5) is 11.7. The third-order valence-corrected chi connectivity index (χ3v) is 3.39. The second-order valence-electron chi connectivity index (χ2n) is 3.67. The van der Waals surface area contributed by atoms with E-state index in [0.29, 0.717) is 18.6 Å². The van der Waals surface area contributed by atoms with Gasteiger partial charge in [-0.3, -0.25) is 4.79 Å². The fourth-order valence-corrected chi connectivity index (χ4v) is 2.11. The summed E-state index contributed by atoms with van der Waals surface area (Å²) in [7, 11) is 0. The molecule has 3 heteroatoms. The molecule has 0 radical (unpaired) electrons. The molecular weight excluding hydrogens is 232 g/mol. The summed E-state index contributed by atoms with van der Waals surface area (Å²) < 4.78 is 5.67. The van der Waals surface area contributed by atoms with E-state index in [1.54, 1.807) is 0 Å². The number of hydrogen-bond acceptors (Lipinski definition) is 3. The van der Waals surface area contributed by atoms with Crippen LogP contribution in [0.3, 0.4) is 0 Å². The van der Waals surface area contributed by atoms with Crippen LogP contribution in [-0.2, 0) is 0 Å². The van der Waals surface area contributed by atoms with Gasteiger partial charge in [0.25, 0.3) is 0 Å². The quantitative estimate of drug-likeness (QED) is 0.520. The maximum Gasteiger partial charge on any atom is 0.166 e. The van der Waals surface area contributed by atoms with Gasteiger partial charge >= 0.3 is 0 Å². The second kappa shape index (κ2) is 8.18. The van der Waals surface area contributed by atoms with Crippen molar-refractivity contribution in [2.45, 2.75) is 26.7 Å². The van der Waals surface area contributed by atoms with Gasteiger partial charge in [-0.2, -0.15) is 11.8 Å². The van der Waals surface area contributed by atoms with Crippen molar-refractivity contribution in [2.24, 2.45) is 0 Å². The summed E-state index contributed by atoms with van der Waals surface area (Å²) in [5.41, 5.74) is 0.707. The molecule has 0 saturated carbocycles. The molecule has 0 atom stereocenters. The predicted octanol–water partition coefficient (Wildman–Crippen LogP) is 3.80. The maximum absolute atomic E-state index is 11.7. The Morgan fingerprint density at radius 3 is 2.76 bits per heavy atom. The highest BCUT2D eigenvalue weighted by Gasteiger charge is 2.09. The first kappa shape index (κ1) is 14.1. The Bertz CT molecular complexity index is 350. The van der Waals surface area contributed by atoms with Crippen LogP contribution in [0.15, 0.2) is 24.3 Å². The van der Waals surface area contributed by atoms with E-state index in [4.69, 9.17) is 4.74 Å². The molecule has 0 saturated heterocycles. The van der Waals surface area contributed by atoms with E-state index < -0.39 is 0 Å². The number of Topliss-reactive ketones (excluding diaryl/α,β-unsaturated/α-hetero) is 1. The lowest BCUT2D eigenvalue weighted by atomic mass is 10.1. The fourth-order valence-electron chi connectivity index (χ4n) is 1.50. The van der Waals surface area contributed by atoms with Gasteiger partial charge in [0.05, 0.1) is 12.2 Å². The minimum absolute atomic E-state index is 0.142. The Labute approximate surface area is 108 Å². The van der Waals surface area contributed by atoms with E-state index in [1.807, 2.05) is 43.0 Å². The third-order valence-electron chi connectivity index (χ3n) is 2.40. The number of para-hydroxylation sites is 1. The van der Waals surface area contributed by atoms with Gasteiger partial charge in [-0.25, -0.2) is 0 Å². The van der Waals surface area contributed by atoms with Gasteiger partial charge < -0.3 is 4.74 Å². The fraction of sp³-hybridized carbons (Fsp3) is 0.500. The number of ketones is 1. The Kier molecular flexibility index (Phi) is 6.78. The van der Waals surface area contributed by atoms with Crippen LogP contribution in [-0.4, -0.2) is 23.9 Å². The zero-order valence-electron chi connectivity index (χ0n) is 10.6. The zero-order valence-corrected chi connectivity index (χ0v) is 11.4. The van der Waals surface area contributed by atoms with Crippen molar-refractivity contribution in [3.05, 3.63) is 29.8 Å². The SMILES string of the molecule is CCSCCCOc1ccccc1C(=O)CC. The highest BCUT2D eigenvalue weighted by Crippen LogP contribution is 2.19. The van der Waals surface area contributed by atoms with Crippen LogP contribution in [0.25, 0.3) is 0 Å². The van der Waals surface area contributed by atoms with Crippen molar-refractivity contribution < 1.29 is 9.53 Å². The van der Waals surface area contributed by atoms with Gasteiger partial charge in [0.15, 0.2) is 5.78 Å².